The second-order valence-electron chi connectivity index (χ2n) is 5.34. The number of rotatable bonds is 4. The van der Waals surface area contributed by atoms with E-state index in [1.807, 2.05) is 17.5 Å². The van der Waals surface area contributed by atoms with Crippen LogP contribution in [0.15, 0.2) is 58.9 Å². The van der Waals surface area contributed by atoms with Gasteiger partial charge in [0.05, 0.1) is 10.6 Å². The zero-order chi connectivity index (χ0) is 18.1. The molecular formula is C17H10ClN5O2S. The number of thiazole rings is 1. The van der Waals surface area contributed by atoms with Gasteiger partial charge in [0.2, 0.25) is 4.96 Å². The molecular weight excluding hydrogens is 374 g/mol. The predicted octanol–water partition coefficient (Wildman–Crippen LogP) is 4.77. The molecule has 0 amide bonds. The van der Waals surface area contributed by atoms with Gasteiger partial charge in [-0.05, 0) is 29.8 Å². The fourth-order valence-corrected chi connectivity index (χ4v) is 3.31. The smallest absolute Gasteiger partial charge is 0.258 e. The molecule has 26 heavy (non-hydrogen) atoms. The predicted molar refractivity (Wildman–Crippen MR) is 102 cm³/mol. The van der Waals surface area contributed by atoms with E-state index in [-0.39, 0.29) is 5.69 Å². The minimum absolute atomic E-state index is 0.0482. The number of halogens is 1. The van der Waals surface area contributed by atoms with Crippen LogP contribution < -0.4 is 0 Å². The third kappa shape index (κ3) is 3.19. The largest absolute Gasteiger partial charge is 0.269 e. The summed E-state index contributed by atoms with van der Waals surface area (Å²) in [5, 5.41) is 17.7. The Hall–Kier alpha value is -3.10. The number of nitro benzene ring substituents is 1. The maximum Gasteiger partial charge on any atom is 0.269 e. The normalized spacial score (nSPS) is 11.4. The first-order valence-corrected chi connectivity index (χ1v) is 8.75. The van der Waals surface area contributed by atoms with Gasteiger partial charge in [0.1, 0.15) is 0 Å². The van der Waals surface area contributed by atoms with Crippen molar-refractivity contribution in [2.75, 3.05) is 0 Å². The Morgan fingerprint density at radius 2 is 1.88 bits per heavy atom. The Labute approximate surface area is 156 Å². The van der Waals surface area contributed by atoms with Crippen molar-refractivity contribution in [3.8, 4) is 11.3 Å². The van der Waals surface area contributed by atoms with Gasteiger partial charge in [0.15, 0.2) is 0 Å². The molecule has 2 aromatic heterocycles. The maximum absolute atomic E-state index is 10.8. The summed E-state index contributed by atoms with van der Waals surface area (Å²) in [6.07, 6.45) is 1.67. The number of benzene rings is 2. The van der Waals surface area contributed by atoms with Crippen LogP contribution in [0.4, 0.5) is 11.6 Å². The van der Waals surface area contributed by atoms with E-state index in [2.05, 4.69) is 15.1 Å². The van der Waals surface area contributed by atoms with Crippen molar-refractivity contribution in [3.05, 3.63) is 74.6 Å². The number of hydrogen-bond acceptors (Lipinski definition) is 6. The van der Waals surface area contributed by atoms with Crippen molar-refractivity contribution in [3.63, 3.8) is 0 Å². The van der Waals surface area contributed by atoms with Crippen molar-refractivity contribution >= 4 is 45.7 Å². The van der Waals surface area contributed by atoms with Crippen LogP contribution in [0.25, 0.3) is 16.2 Å². The number of nitrogens with zero attached hydrogens (tertiary/aromatic N) is 5. The summed E-state index contributed by atoms with van der Waals surface area (Å²) in [5.74, 6) is 0.343. The van der Waals surface area contributed by atoms with E-state index in [1.54, 1.807) is 35.0 Å². The number of fused-ring (bicyclic) bond motifs is 1. The molecule has 0 saturated heterocycles. The summed E-state index contributed by atoms with van der Waals surface area (Å²) >= 11 is 7.29. The van der Waals surface area contributed by atoms with Gasteiger partial charge in [-0.1, -0.05) is 23.7 Å². The van der Waals surface area contributed by atoms with Crippen LogP contribution in [-0.4, -0.2) is 25.7 Å². The fraction of sp³-hybridized carbons (Fsp3) is 0. The average Bonchev–Trinajstić information content (AvgIpc) is 3.21. The quantitative estimate of drug-likeness (QED) is 0.288. The molecule has 4 aromatic rings. The number of non-ortho nitro benzene ring substituents is 1. The third-order valence-corrected chi connectivity index (χ3v) is 4.71. The standard InChI is InChI=1S/C17H10ClN5O2S/c18-13-5-1-11(2-6-13)9-19-16-20-17-22(21-16)15(10-26-17)12-3-7-14(8-4-12)23(24)25/h1-10H/b19-9+. The van der Waals surface area contributed by atoms with E-state index in [1.165, 1.54) is 23.5 Å². The van der Waals surface area contributed by atoms with E-state index in [9.17, 15) is 10.1 Å². The van der Waals surface area contributed by atoms with E-state index in [0.717, 1.165) is 16.8 Å². The molecule has 0 saturated carbocycles. The van der Waals surface area contributed by atoms with E-state index in [4.69, 9.17) is 11.6 Å². The fourth-order valence-electron chi connectivity index (χ4n) is 2.36. The summed E-state index contributed by atoms with van der Waals surface area (Å²) in [4.78, 5) is 19.7. The molecule has 0 fully saturated rings. The summed E-state index contributed by atoms with van der Waals surface area (Å²) in [5.41, 5.74) is 2.57. The Kier molecular flexibility index (Phi) is 4.19. The van der Waals surface area contributed by atoms with Crippen molar-refractivity contribution < 1.29 is 4.92 Å². The zero-order valence-electron chi connectivity index (χ0n) is 13.1. The molecule has 0 aliphatic heterocycles. The minimum atomic E-state index is -0.425. The molecule has 0 atom stereocenters. The van der Waals surface area contributed by atoms with E-state index < -0.39 is 4.92 Å². The minimum Gasteiger partial charge on any atom is -0.258 e. The van der Waals surface area contributed by atoms with Gasteiger partial charge in [-0.25, -0.2) is 9.51 Å². The summed E-state index contributed by atoms with van der Waals surface area (Å²) < 4.78 is 1.68. The molecule has 0 bridgehead atoms. The molecule has 0 unspecified atom stereocenters. The van der Waals surface area contributed by atoms with Crippen LogP contribution in [0.1, 0.15) is 5.56 Å². The lowest BCUT2D eigenvalue weighted by atomic mass is 10.1. The molecule has 0 N–H and O–H groups in total. The summed E-state index contributed by atoms with van der Waals surface area (Å²) in [7, 11) is 0. The summed E-state index contributed by atoms with van der Waals surface area (Å²) in [6.45, 7) is 0. The van der Waals surface area contributed by atoms with Crippen LogP contribution >= 0.6 is 22.9 Å². The highest BCUT2D eigenvalue weighted by Crippen LogP contribution is 2.27. The van der Waals surface area contributed by atoms with Gasteiger partial charge in [-0.15, -0.1) is 16.4 Å². The van der Waals surface area contributed by atoms with Gasteiger partial charge in [-0.3, -0.25) is 10.1 Å². The molecule has 0 spiro atoms. The molecule has 128 valence electrons. The first kappa shape index (κ1) is 16.4. The molecule has 7 nitrogen and oxygen atoms in total. The molecule has 4 rings (SSSR count). The molecule has 0 aliphatic rings. The lowest BCUT2D eigenvalue weighted by Crippen LogP contribution is -1.90. The molecule has 0 aliphatic carbocycles. The Balaban J connectivity index is 1.64. The van der Waals surface area contributed by atoms with Gasteiger partial charge in [0.25, 0.3) is 11.6 Å². The Morgan fingerprint density at radius 1 is 1.15 bits per heavy atom. The second-order valence-corrected chi connectivity index (χ2v) is 6.61. The maximum atomic E-state index is 10.8. The summed E-state index contributed by atoms with van der Waals surface area (Å²) in [6, 6.07) is 13.6. The molecule has 2 heterocycles. The number of aromatic nitrogens is 3. The topological polar surface area (TPSA) is 85.7 Å². The van der Waals surface area contributed by atoms with Crippen LogP contribution in [0.2, 0.25) is 5.02 Å². The molecule has 9 heteroatoms. The van der Waals surface area contributed by atoms with Crippen molar-refractivity contribution in [1.29, 1.82) is 0 Å². The lowest BCUT2D eigenvalue weighted by Gasteiger charge is -1.98. The highest BCUT2D eigenvalue weighted by atomic mass is 35.5. The first-order chi connectivity index (χ1) is 12.6. The first-order valence-electron chi connectivity index (χ1n) is 7.49. The monoisotopic (exact) mass is 383 g/mol. The zero-order valence-corrected chi connectivity index (χ0v) is 14.7. The Morgan fingerprint density at radius 3 is 2.58 bits per heavy atom. The lowest BCUT2D eigenvalue weighted by molar-refractivity contribution is -0.384. The molecule has 2 aromatic carbocycles. The average molecular weight is 384 g/mol. The van der Waals surface area contributed by atoms with Crippen LogP contribution in [-0.2, 0) is 0 Å². The van der Waals surface area contributed by atoms with Crippen LogP contribution in [0.3, 0.4) is 0 Å². The van der Waals surface area contributed by atoms with Gasteiger partial charge >= 0.3 is 0 Å². The van der Waals surface area contributed by atoms with Crippen LogP contribution in [0, 0.1) is 10.1 Å². The Bertz CT molecular complexity index is 1120. The highest BCUT2D eigenvalue weighted by molar-refractivity contribution is 7.15. The van der Waals surface area contributed by atoms with Crippen molar-refractivity contribution in [1.82, 2.24) is 14.6 Å². The van der Waals surface area contributed by atoms with Gasteiger partial charge in [0, 0.05) is 34.3 Å². The van der Waals surface area contributed by atoms with Gasteiger partial charge < -0.3 is 0 Å². The third-order valence-electron chi connectivity index (χ3n) is 3.64. The van der Waals surface area contributed by atoms with Crippen molar-refractivity contribution in [2.45, 2.75) is 0 Å². The number of hydrogen-bond donors (Lipinski definition) is 0. The van der Waals surface area contributed by atoms with Gasteiger partial charge in [-0.2, -0.15) is 4.98 Å². The van der Waals surface area contributed by atoms with E-state index >= 15 is 0 Å². The highest BCUT2D eigenvalue weighted by Gasteiger charge is 2.12. The molecule has 0 radical (unpaired) electrons. The van der Waals surface area contributed by atoms with E-state index in [0.29, 0.717) is 15.9 Å². The second kappa shape index (κ2) is 6.66. The van der Waals surface area contributed by atoms with Crippen molar-refractivity contribution in [2.24, 2.45) is 4.99 Å². The van der Waals surface area contributed by atoms with Crippen LogP contribution in [0.5, 0.6) is 0 Å². The number of nitro groups is 1. The SMILES string of the molecule is O=[N+]([O-])c1ccc(-c2csc3nc(/N=C/c4ccc(Cl)cc4)nn23)cc1. The number of aliphatic imine (C=N–C) groups is 1.